The predicted molar refractivity (Wildman–Crippen MR) is 76.5 cm³/mol. The Morgan fingerprint density at radius 2 is 1.90 bits per heavy atom. The number of carboxylic acids is 1. The number of piperidine rings is 1. The second-order valence-corrected chi connectivity index (χ2v) is 6.97. The van der Waals surface area contributed by atoms with Gasteiger partial charge in [-0.15, -0.1) is 0 Å². The monoisotopic (exact) mass is 282 g/mol. The summed E-state index contributed by atoms with van der Waals surface area (Å²) in [6.45, 7) is 6.56. The van der Waals surface area contributed by atoms with Gasteiger partial charge in [0.15, 0.2) is 0 Å². The standard InChI is InChI=1S/C15H26N2O3/c1-15(2)6-8-17(9-7-15)14(20)16-10-11-4-3-5-12(11)13(18)19/h11-12H,3-10H2,1-2H3,(H,16,20)(H,18,19). The van der Waals surface area contributed by atoms with Gasteiger partial charge in [0.2, 0.25) is 0 Å². The molecule has 0 aromatic rings. The maximum Gasteiger partial charge on any atom is 0.317 e. The molecule has 0 radical (unpaired) electrons. The molecular weight excluding hydrogens is 256 g/mol. The van der Waals surface area contributed by atoms with Crippen molar-refractivity contribution in [2.75, 3.05) is 19.6 Å². The van der Waals surface area contributed by atoms with Gasteiger partial charge in [0.1, 0.15) is 0 Å². The number of nitrogens with zero attached hydrogens (tertiary/aromatic N) is 1. The van der Waals surface area contributed by atoms with Crippen molar-refractivity contribution in [3.05, 3.63) is 0 Å². The van der Waals surface area contributed by atoms with Crippen molar-refractivity contribution in [3.63, 3.8) is 0 Å². The van der Waals surface area contributed by atoms with Gasteiger partial charge < -0.3 is 15.3 Å². The van der Waals surface area contributed by atoms with Crippen molar-refractivity contribution < 1.29 is 14.7 Å². The topological polar surface area (TPSA) is 69.6 Å². The fourth-order valence-corrected chi connectivity index (χ4v) is 3.25. The molecule has 1 saturated heterocycles. The molecule has 2 unspecified atom stereocenters. The minimum absolute atomic E-state index is 0.0310. The van der Waals surface area contributed by atoms with Gasteiger partial charge in [-0.3, -0.25) is 4.79 Å². The first-order valence-electron chi connectivity index (χ1n) is 7.65. The average Bonchev–Trinajstić information content (AvgIpc) is 2.84. The van der Waals surface area contributed by atoms with Crippen LogP contribution in [0.3, 0.4) is 0 Å². The molecule has 0 aromatic heterocycles. The Morgan fingerprint density at radius 1 is 1.25 bits per heavy atom. The summed E-state index contributed by atoms with van der Waals surface area (Å²) in [6, 6.07) is -0.0310. The number of hydrogen-bond acceptors (Lipinski definition) is 2. The first-order chi connectivity index (χ1) is 9.39. The first kappa shape index (κ1) is 15.1. The minimum Gasteiger partial charge on any atom is -0.481 e. The molecule has 0 aromatic carbocycles. The number of amides is 2. The van der Waals surface area contributed by atoms with E-state index in [1.807, 2.05) is 4.90 Å². The molecule has 20 heavy (non-hydrogen) atoms. The smallest absolute Gasteiger partial charge is 0.317 e. The lowest BCUT2D eigenvalue weighted by atomic mass is 9.83. The summed E-state index contributed by atoms with van der Waals surface area (Å²) >= 11 is 0. The van der Waals surface area contributed by atoms with Crippen molar-refractivity contribution in [2.45, 2.75) is 46.0 Å². The van der Waals surface area contributed by atoms with Crippen LogP contribution in [0.4, 0.5) is 4.79 Å². The summed E-state index contributed by atoms with van der Waals surface area (Å²) in [4.78, 5) is 25.1. The van der Waals surface area contributed by atoms with E-state index in [0.29, 0.717) is 12.0 Å². The normalized spacial score (nSPS) is 29.2. The molecule has 1 heterocycles. The van der Waals surface area contributed by atoms with Crippen molar-refractivity contribution in [1.82, 2.24) is 10.2 Å². The summed E-state index contributed by atoms with van der Waals surface area (Å²) in [5.74, 6) is -0.908. The van der Waals surface area contributed by atoms with Gasteiger partial charge >= 0.3 is 12.0 Å². The number of carbonyl (C=O) groups is 2. The van der Waals surface area contributed by atoms with Crippen LogP contribution in [0, 0.1) is 17.3 Å². The molecule has 2 N–H and O–H groups in total. The van der Waals surface area contributed by atoms with Crippen LogP contribution >= 0.6 is 0 Å². The molecular formula is C15H26N2O3. The molecule has 1 saturated carbocycles. The van der Waals surface area contributed by atoms with Gasteiger partial charge in [-0.2, -0.15) is 0 Å². The van der Waals surface area contributed by atoms with E-state index < -0.39 is 5.97 Å². The molecule has 0 bridgehead atoms. The van der Waals surface area contributed by atoms with E-state index in [0.717, 1.165) is 45.2 Å². The van der Waals surface area contributed by atoms with E-state index in [9.17, 15) is 9.59 Å². The van der Waals surface area contributed by atoms with E-state index in [1.54, 1.807) is 0 Å². The Morgan fingerprint density at radius 3 is 2.50 bits per heavy atom. The predicted octanol–water partition coefficient (Wildman–Crippen LogP) is 2.32. The van der Waals surface area contributed by atoms with E-state index in [-0.39, 0.29) is 17.9 Å². The second-order valence-electron chi connectivity index (χ2n) is 6.97. The molecule has 0 spiro atoms. The van der Waals surface area contributed by atoms with Crippen LogP contribution in [0.2, 0.25) is 0 Å². The van der Waals surface area contributed by atoms with Gasteiger partial charge in [0.25, 0.3) is 0 Å². The van der Waals surface area contributed by atoms with Gasteiger partial charge in [-0.1, -0.05) is 20.3 Å². The van der Waals surface area contributed by atoms with Crippen LogP contribution < -0.4 is 5.32 Å². The zero-order chi connectivity index (χ0) is 14.8. The minimum atomic E-state index is -0.721. The highest BCUT2D eigenvalue weighted by atomic mass is 16.4. The average molecular weight is 282 g/mol. The fourth-order valence-electron chi connectivity index (χ4n) is 3.25. The lowest BCUT2D eigenvalue weighted by Gasteiger charge is -2.37. The third-order valence-corrected chi connectivity index (χ3v) is 4.90. The lowest BCUT2D eigenvalue weighted by Crippen LogP contribution is -2.47. The van der Waals surface area contributed by atoms with Crippen molar-refractivity contribution in [2.24, 2.45) is 17.3 Å². The number of likely N-dealkylation sites (tertiary alicyclic amines) is 1. The number of aliphatic carboxylic acids is 1. The summed E-state index contributed by atoms with van der Waals surface area (Å²) in [7, 11) is 0. The maximum atomic E-state index is 12.1. The Labute approximate surface area is 120 Å². The van der Waals surface area contributed by atoms with E-state index in [1.165, 1.54) is 0 Å². The highest BCUT2D eigenvalue weighted by Crippen LogP contribution is 2.32. The Balaban J connectivity index is 1.77. The summed E-state index contributed by atoms with van der Waals surface area (Å²) in [5.41, 5.74) is 0.330. The number of carboxylic acid groups (broad SMARTS) is 1. The van der Waals surface area contributed by atoms with Crippen LogP contribution in [0.25, 0.3) is 0 Å². The van der Waals surface area contributed by atoms with Crippen molar-refractivity contribution in [3.8, 4) is 0 Å². The molecule has 2 aliphatic rings. The Kier molecular flexibility index (Phi) is 4.55. The molecule has 2 fully saturated rings. The van der Waals surface area contributed by atoms with Crippen molar-refractivity contribution in [1.29, 1.82) is 0 Å². The van der Waals surface area contributed by atoms with Crippen LogP contribution in [0.1, 0.15) is 46.0 Å². The summed E-state index contributed by atoms with van der Waals surface area (Å²) in [5, 5.41) is 12.1. The number of rotatable bonds is 3. The second kappa shape index (κ2) is 6.02. The largest absolute Gasteiger partial charge is 0.481 e. The maximum absolute atomic E-state index is 12.1. The van der Waals surface area contributed by atoms with Crippen LogP contribution in [-0.2, 0) is 4.79 Å². The number of nitrogens with one attached hydrogen (secondary N) is 1. The fraction of sp³-hybridized carbons (Fsp3) is 0.867. The Hall–Kier alpha value is -1.26. The molecule has 2 rings (SSSR count). The van der Waals surface area contributed by atoms with Crippen molar-refractivity contribution >= 4 is 12.0 Å². The van der Waals surface area contributed by atoms with Gasteiger partial charge in [-0.25, -0.2) is 4.79 Å². The zero-order valence-electron chi connectivity index (χ0n) is 12.5. The number of urea groups is 1. The molecule has 1 aliphatic heterocycles. The van der Waals surface area contributed by atoms with Crippen LogP contribution in [0.15, 0.2) is 0 Å². The highest BCUT2D eigenvalue weighted by molar-refractivity contribution is 5.74. The first-order valence-corrected chi connectivity index (χ1v) is 7.65. The van der Waals surface area contributed by atoms with Gasteiger partial charge in [-0.05, 0) is 37.0 Å². The molecule has 2 amide bonds. The van der Waals surface area contributed by atoms with Crippen LogP contribution in [-0.4, -0.2) is 41.6 Å². The van der Waals surface area contributed by atoms with E-state index in [4.69, 9.17) is 5.11 Å². The molecule has 114 valence electrons. The van der Waals surface area contributed by atoms with Gasteiger partial charge in [0, 0.05) is 19.6 Å². The molecule has 5 heteroatoms. The van der Waals surface area contributed by atoms with Crippen LogP contribution in [0.5, 0.6) is 0 Å². The SMILES string of the molecule is CC1(C)CCN(C(=O)NCC2CCCC2C(=O)O)CC1. The number of hydrogen-bond donors (Lipinski definition) is 2. The number of carbonyl (C=O) groups excluding carboxylic acids is 1. The molecule has 1 aliphatic carbocycles. The third kappa shape index (κ3) is 3.64. The van der Waals surface area contributed by atoms with Gasteiger partial charge in [0.05, 0.1) is 5.92 Å². The summed E-state index contributed by atoms with van der Waals surface area (Å²) < 4.78 is 0. The highest BCUT2D eigenvalue weighted by Gasteiger charge is 2.33. The zero-order valence-corrected chi connectivity index (χ0v) is 12.5. The third-order valence-electron chi connectivity index (χ3n) is 4.90. The van der Waals surface area contributed by atoms with E-state index >= 15 is 0 Å². The summed E-state index contributed by atoms with van der Waals surface area (Å²) in [6.07, 6.45) is 4.66. The molecule has 5 nitrogen and oxygen atoms in total. The molecule has 2 atom stereocenters. The quantitative estimate of drug-likeness (QED) is 0.834. The Bertz CT molecular complexity index is 371. The lowest BCUT2D eigenvalue weighted by molar-refractivity contribution is -0.142. The van der Waals surface area contributed by atoms with E-state index in [2.05, 4.69) is 19.2 Å².